The van der Waals surface area contributed by atoms with Crippen molar-refractivity contribution in [2.24, 2.45) is 0 Å². The van der Waals surface area contributed by atoms with Crippen LogP contribution in [0.15, 0.2) is 34.2 Å². The van der Waals surface area contributed by atoms with Crippen molar-refractivity contribution >= 4 is 34.6 Å². The number of nitrogens with zero attached hydrogens (tertiary/aromatic N) is 4. The molecule has 4 unspecified atom stereocenters. The first-order chi connectivity index (χ1) is 14.8. The molecular weight excluding hydrogens is 432 g/mol. The molecule has 1 saturated heterocycles. The first-order valence-electron chi connectivity index (χ1n) is 9.07. The van der Waals surface area contributed by atoms with Gasteiger partial charge in [0.25, 0.3) is 11.2 Å². The quantitative estimate of drug-likeness (QED) is 0.184. The molecule has 4 atom stereocenters. The van der Waals surface area contributed by atoms with Gasteiger partial charge < -0.3 is 25.8 Å². The Morgan fingerprint density at radius 2 is 2.03 bits per heavy atom. The molecule has 1 aliphatic heterocycles. The number of nitro benzene ring substituents is 1. The number of hydrogen-bond acceptors (Lipinski definition) is 11. The van der Waals surface area contributed by atoms with Crippen molar-refractivity contribution in [3.05, 3.63) is 50.3 Å². The summed E-state index contributed by atoms with van der Waals surface area (Å²) >= 11 is 1.05. The van der Waals surface area contributed by atoms with E-state index in [9.17, 15) is 30.2 Å². The average Bonchev–Trinajstić information content (AvgIpc) is 3.23. The number of ether oxygens (including phenoxy) is 1. The first kappa shape index (κ1) is 21.2. The molecule has 2 aromatic heterocycles. The smallest absolute Gasteiger partial charge is 0.280 e. The Balaban J connectivity index is 1.79. The van der Waals surface area contributed by atoms with Crippen LogP contribution >= 0.6 is 11.8 Å². The number of nitrogen functional groups attached to an aromatic ring is 1. The van der Waals surface area contributed by atoms with Crippen LogP contribution < -0.4 is 11.3 Å². The first-order valence-corrected chi connectivity index (χ1v) is 10.1. The maximum atomic E-state index is 12.3. The van der Waals surface area contributed by atoms with Crippen LogP contribution in [-0.4, -0.2) is 64.7 Å². The van der Waals surface area contributed by atoms with E-state index in [0.717, 1.165) is 11.8 Å². The number of H-pyrrole nitrogens is 1. The Kier molecular flexibility index (Phi) is 5.63. The summed E-state index contributed by atoms with van der Waals surface area (Å²) in [6, 6.07) is 6.17. The fourth-order valence-corrected chi connectivity index (χ4v) is 4.37. The Hall–Kier alpha value is -3.04. The average molecular weight is 450 g/mol. The number of aromatic nitrogens is 4. The molecule has 14 heteroatoms. The number of anilines is 1. The van der Waals surface area contributed by atoms with E-state index in [4.69, 9.17) is 10.5 Å². The zero-order valence-corrected chi connectivity index (χ0v) is 16.6. The minimum absolute atomic E-state index is 0.00107. The van der Waals surface area contributed by atoms with Gasteiger partial charge in [0.1, 0.15) is 18.3 Å². The van der Waals surface area contributed by atoms with Gasteiger partial charge in [0.05, 0.1) is 11.5 Å². The van der Waals surface area contributed by atoms with E-state index >= 15 is 0 Å². The molecule has 164 valence electrons. The number of rotatable bonds is 6. The van der Waals surface area contributed by atoms with Crippen molar-refractivity contribution in [2.75, 3.05) is 12.3 Å². The lowest BCUT2D eigenvalue weighted by atomic mass is 10.1. The number of thioether (sulfide) groups is 1. The van der Waals surface area contributed by atoms with Crippen LogP contribution in [0.2, 0.25) is 0 Å². The van der Waals surface area contributed by atoms with Gasteiger partial charge in [-0.25, -0.2) is 4.98 Å². The second-order valence-electron chi connectivity index (χ2n) is 6.79. The number of hydrogen-bond donors (Lipinski definition) is 5. The minimum Gasteiger partial charge on any atom is -0.394 e. The van der Waals surface area contributed by atoms with E-state index in [-0.39, 0.29) is 33.7 Å². The van der Waals surface area contributed by atoms with Crippen LogP contribution in [0.25, 0.3) is 11.2 Å². The van der Waals surface area contributed by atoms with Crippen LogP contribution in [0.1, 0.15) is 11.8 Å². The Bertz CT molecular complexity index is 1200. The van der Waals surface area contributed by atoms with E-state index in [1.807, 2.05) is 0 Å². The predicted octanol–water partition coefficient (Wildman–Crippen LogP) is -0.486. The summed E-state index contributed by atoms with van der Waals surface area (Å²) in [5.41, 5.74) is 5.28. The van der Waals surface area contributed by atoms with Gasteiger partial charge in [0.15, 0.2) is 22.5 Å². The van der Waals surface area contributed by atoms with Crippen molar-refractivity contribution in [1.29, 1.82) is 0 Å². The normalized spacial score (nSPS) is 23.5. The highest BCUT2D eigenvalue weighted by Gasteiger charge is 2.45. The van der Waals surface area contributed by atoms with Crippen molar-refractivity contribution in [1.82, 2.24) is 19.5 Å². The molecule has 31 heavy (non-hydrogen) atoms. The molecule has 0 amide bonds. The number of aliphatic hydroxyl groups excluding tert-OH is 3. The van der Waals surface area contributed by atoms with Crippen molar-refractivity contribution in [3.63, 3.8) is 0 Å². The van der Waals surface area contributed by atoms with Crippen molar-refractivity contribution < 1.29 is 25.0 Å². The van der Waals surface area contributed by atoms with Gasteiger partial charge in [-0.2, -0.15) is 4.98 Å². The second kappa shape index (κ2) is 8.24. The zero-order chi connectivity index (χ0) is 22.3. The molecular formula is C17H18N6O7S. The fraction of sp³-hybridized carbons (Fsp3) is 0.353. The predicted molar refractivity (Wildman–Crippen MR) is 108 cm³/mol. The Morgan fingerprint density at radius 3 is 2.71 bits per heavy atom. The van der Waals surface area contributed by atoms with Gasteiger partial charge in [0.2, 0.25) is 5.95 Å². The standard InChI is InChI=1S/C17H18N6O7S/c18-16-20-13-10(14(27)21-16)19-17(22(13)15-12(26)11(25)9(5-24)30-15)31-6-7-3-1-2-4-8(7)23(28)29/h1-4,9,11-12,15,24-26H,5-6H2,(H3,18,20,21,27). The van der Waals surface area contributed by atoms with E-state index < -0.39 is 41.6 Å². The number of nitrogens with two attached hydrogens (primary N) is 1. The molecule has 0 bridgehead atoms. The monoisotopic (exact) mass is 450 g/mol. The summed E-state index contributed by atoms with van der Waals surface area (Å²) in [4.78, 5) is 33.8. The molecule has 0 saturated carbocycles. The summed E-state index contributed by atoms with van der Waals surface area (Å²) in [6.45, 7) is -0.545. The van der Waals surface area contributed by atoms with E-state index in [2.05, 4.69) is 15.0 Å². The lowest BCUT2D eigenvalue weighted by Crippen LogP contribution is -2.33. The van der Waals surface area contributed by atoms with Crippen LogP contribution in [0.5, 0.6) is 0 Å². The minimum atomic E-state index is -1.46. The maximum absolute atomic E-state index is 12.3. The third-order valence-corrected chi connectivity index (χ3v) is 5.85. The number of nitrogens with one attached hydrogen (secondary N) is 1. The molecule has 1 aliphatic rings. The summed E-state index contributed by atoms with van der Waals surface area (Å²) < 4.78 is 6.88. The SMILES string of the molecule is Nc1nc2c(nc(SCc3ccccc3[N+](=O)[O-])n2C2OC(CO)C(O)C2O)c(=O)[nH]1. The lowest BCUT2D eigenvalue weighted by Gasteiger charge is -2.19. The van der Waals surface area contributed by atoms with E-state index in [0.29, 0.717) is 5.56 Å². The second-order valence-corrected chi connectivity index (χ2v) is 7.73. The van der Waals surface area contributed by atoms with Gasteiger partial charge in [0, 0.05) is 17.4 Å². The van der Waals surface area contributed by atoms with Gasteiger partial charge in [-0.15, -0.1) is 0 Å². The number of aliphatic hydroxyl groups is 3. The van der Waals surface area contributed by atoms with Crippen LogP contribution in [0.3, 0.4) is 0 Å². The van der Waals surface area contributed by atoms with Gasteiger partial charge >= 0.3 is 0 Å². The van der Waals surface area contributed by atoms with Crippen molar-refractivity contribution in [3.8, 4) is 0 Å². The molecule has 4 rings (SSSR count). The molecule has 3 aromatic rings. The third-order valence-electron chi connectivity index (χ3n) is 4.85. The van der Waals surface area contributed by atoms with Crippen molar-refractivity contribution in [2.45, 2.75) is 35.4 Å². The Morgan fingerprint density at radius 1 is 1.29 bits per heavy atom. The van der Waals surface area contributed by atoms with Crippen LogP contribution in [0.4, 0.5) is 11.6 Å². The zero-order valence-electron chi connectivity index (χ0n) is 15.8. The van der Waals surface area contributed by atoms with Crippen LogP contribution in [-0.2, 0) is 10.5 Å². The molecule has 0 spiro atoms. The molecule has 13 nitrogen and oxygen atoms in total. The molecule has 3 heterocycles. The van der Waals surface area contributed by atoms with Crippen LogP contribution in [0, 0.1) is 10.1 Å². The summed E-state index contributed by atoms with van der Waals surface area (Å²) in [5.74, 6) is -0.0801. The lowest BCUT2D eigenvalue weighted by molar-refractivity contribution is -0.385. The Labute approximate surface area is 177 Å². The highest BCUT2D eigenvalue weighted by molar-refractivity contribution is 7.98. The molecule has 0 radical (unpaired) electrons. The van der Waals surface area contributed by atoms with E-state index in [1.165, 1.54) is 10.6 Å². The van der Waals surface area contributed by atoms with Gasteiger partial charge in [-0.1, -0.05) is 30.0 Å². The highest BCUT2D eigenvalue weighted by atomic mass is 32.2. The van der Waals surface area contributed by atoms with Gasteiger partial charge in [-0.05, 0) is 0 Å². The number of aromatic amines is 1. The number of fused-ring (bicyclic) bond motifs is 1. The topological polar surface area (TPSA) is 203 Å². The number of benzene rings is 1. The number of para-hydroxylation sites is 1. The summed E-state index contributed by atoms with van der Waals surface area (Å²) in [5, 5.41) is 41.5. The number of imidazole rings is 1. The fourth-order valence-electron chi connectivity index (χ4n) is 3.36. The largest absolute Gasteiger partial charge is 0.394 e. The molecule has 1 aromatic carbocycles. The summed E-state index contributed by atoms with van der Waals surface area (Å²) in [7, 11) is 0. The molecule has 1 fully saturated rings. The molecule has 0 aliphatic carbocycles. The van der Waals surface area contributed by atoms with E-state index in [1.54, 1.807) is 18.2 Å². The molecule has 6 N–H and O–H groups in total. The maximum Gasteiger partial charge on any atom is 0.280 e. The highest BCUT2D eigenvalue weighted by Crippen LogP contribution is 2.36. The summed E-state index contributed by atoms with van der Waals surface area (Å²) in [6.07, 6.45) is -5.13. The number of nitro groups is 1. The van der Waals surface area contributed by atoms with Gasteiger partial charge in [-0.3, -0.25) is 24.5 Å². The third kappa shape index (κ3) is 3.75.